The molecule has 0 saturated carbocycles. The molecule has 2 N–H and O–H groups in total. The Balaban J connectivity index is 2.74. The number of hydrogen-bond acceptors (Lipinski definition) is 2. The highest BCUT2D eigenvalue weighted by atomic mass is 19.4. The lowest BCUT2D eigenvalue weighted by molar-refractivity contribution is -0.150. The summed E-state index contributed by atoms with van der Waals surface area (Å²) in [6.45, 7) is 5.16. The van der Waals surface area contributed by atoms with E-state index < -0.39 is 30.1 Å². The van der Waals surface area contributed by atoms with Gasteiger partial charge in [-0.3, -0.25) is 4.79 Å². The summed E-state index contributed by atoms with van der Waals surface area (Å²) in [5.41, 5.74) is -0.224. The smallest absolute Gasteiger partial charge is 0.374 e. The van der Waals surface area contributed by atoms with Gasteiger partial charge in [-0.05, 0) is 32.9 Å². The normalized spacial score (nSPS) is 13.7. The van der Waals surface area contributed by atoms with Crippen LogP contribution in [-0.4, -0.2) is 23.7 Å². The molecule has 0 spiro atoms. The lowest BCUT2D eigenvalue weighted by atomic mass is 10.1. The fraction of sp³-hybridized carbons (Fsp3) is 0.500. The van der Waals surface area contributed by atoms with Gasteiger partial charge in [-0.15, -0.1) is 0 Å². The first-order chi connectivity index (χ1) is 9.08. The van der Waals surface area contributed by atoms with E-state index in [4.69, 9.17) is 0 Å². The molecule has 1 atom stereocenters. The molecule has 3 nitrogen and oxygen atoms in total. The minimum Gasteiger partial charge on any atom is -0.374 e. The van der Waals surface area contributed by atoms with Gasteiger partial charge in [0.05, 0.1) is 6.42 Å². The predicted octanol–water partition coefficient (Wildman–Crippen LogP) is 3.33. The van der Waals surface area contributed by atoms with Gasteiger partial charge < -0.3 is 10.6 Å². The predicted molar refractivity (Wildman–Crippen MR) is 72.4 cm³/mol. The van der Waals surface area contributed by atoms with Gasteiger partial charge in [-0.2, -0.15) is 13.2 Å². The number of alkyl halides is 3. The van der Waals surface area contributed by atoms with Crippen molar-refractivity contribution in [3.05, 3.63) is 30.3 Å². The van der Waals surface area contributed by atoms with Crippen LogP contribution in [-0.2, 0) is 4.79 Å². The monoisotopic (exact) mass is 288 g/mol. The second-order valence-electron chi connectivity index (χ2n) is 5.61. The molecule has 0 aliphatic heterocycles. The zero-order chi connectivity index (χ0) is 15.4. The van der Waals surface area contributed by atoms with Crippen LogP contribution in [0.1, 0.15) is 27.2 Å². The van der Waals surface area contributed by atoms with Crippen LogP contribution in [0.25, 0.3) is 0 Å². The van der Waals surface area contributed by atoms with E-state index in [0.717, 1.165) is 0 Å². The van der Waals surface area contributed by atoms with E-state index in [2.05, 4.69) is 10.6 Å². The molecule has 0 fully saturated rings. The Morgan fingerprint density at radius 3 is 2.15 bits per heavy atom. The molecule has 0 saturated heterocycles. The Hall–Kier alpha value is -1.72. The highest BCUT2D eigenvalue weighted by Crippen LogP contribution is 2.26. The Labute approximate surface area is 116 Å². The molecule has 1 amide bonds. The molecular weight excluding hydrogens is 269 g/mol. The molecule has 0 bridgehead atoms. The van der Waals surface area contributed by atoms with Crippen molar-refractivity contribution >= 4 is 11.6 Å². The van der Waals surface area contributed by atoms with Crippen molar-refractivity contribution < 1.29 is 18.0 Å². The molecule has 112 valence electrons. The zero-order valence-electron chi connectivity index (χ0n) is 11.7. The van der Waals surface area contributed by atoms with E-state index in [9.17, 15) is 18.0 Å². The maximum Gasteiger partial charge on any atom is 0.409 e. The zero-order valence-corrected chi connectivity index (χ0v) is 11.7. The molecular formula is C14H19F3N2O. The van der Waals surface area contributed by atoms with Gasteiger partial charge in [0.2, 0.25) is 5.91 Å². The average Bonchev–Trinajstić information content (AvgIpc) is 2.25. The number of benzene rings is 1. The molecule has 1 unspecified atom stereocenters. The van der Waals surface area contributed by atoms with Crippen LogP contribution in [0.4, 0.5) is 18.9 Å². The fourth-order valence-corrected chi connectivity index (χ4v) is 1.64. The molecule has 0 aromatic heterocycles. The molecule has 0 aliphatic rings. The lowest BCUT2D eigenvalue weighted by Gasteiger charge is -2.25. The van der Waals surface area contributed by atoms with Gasteiger partial charge in [0, 0.05) is 11.2 Å². The highest BCUT2D eigenvalue weighted by Gasteiger charge is 2.41. The first kappa shape index (κ1) is 16.3. The van der Waals surface area contributed by atoms with Crippen molar-refractivity contribution in [1.82, 2.24) is 5.32 Å². The number of hydrogen-bond donors (Lipinski definition) is 2. The highest BCUT2D eigenvalue weighted by molar-refractivity contribution is 5.78. The van der Waals surface area contributed by atoms with Crippen molar-refractivity contribution in [2.45, 2.75) is 44.9 Å². The molecule has 1 rings (SSSR count). The molecule has 0 heterocycles. The standard InChI is InChI=1S/C14H19F3N2O/c1-13(2,3)19-12(20)9-11(14(15,16)17)18-10-7-5-4-6-8-10/h4-8,11,18H,9H2,1-3H3,(H,19,20). The van der Waals surface area contributed by atoms with Gasteiger partial charge >= 0.3 is 6.18 Å². The number of nitrogens with one attached hydrogen (secondary N) is 2. The van der Waals surface area contributed by atoms with Gasteiger partial charge in [0.1, 0.15) is 6.04 Å². The van der Waals surface area contributed by atoms with E-state index in [1.54, 1.807) is 39.0 Å². The van der Waals surface area contributed by atoms with Crippen LogP contribution in [0.3, 0.4) is 0 Å². The lowest BCUT2D eigenvalue weighted by Crippen LogP contribution is -2.46. The van der Waals surface area contributed by atoms with E-state index in [0.29, 0.717) is 5.69 Å². The number of halogens is 3. The maximum atomic E-state index is 13.0. The van der Waals surface area contributed by atoms with Gasteiger partial charge in [-0.1, -0.05) is 18.2 Å². The third-order valence-electron chi connectivity index (χ3n) is 2.41. The average molecular weight is 288 g/mol. The number of anilines is 1. The quantitative estimate of drug-likeness (QED) is 0.892. The van der Waals surface area contributed by atoms with Crippen molar-refractivity contribution in [3.8, 4) is 0 Å². The first-order valence-electron chi connectivity index (χ1n) is 6.27. The Kier molecular flexibility index (Phi) is 5.03. The Morgan fingerprint density at radius 2 is 1.70 bits per heavy atom. The van der Waals surface area contributed by atoms with E-state index in [1.807, 2.05) is 0 Å². The van der Waals surface area contributed by atoms with Crippen LogP contribution in [0.5, 0.6) is 0 Å². The van der Waals surface area contributed by atoms with Crippen molar-refractivity contribution in [1.29, 1.82) is 0 Å². The second kappa shape index (κ2) is 6.15. The topological polar surface area (TPSA) is 41.1 Å². The Morgan fingerprint density at radius 1 is 1.15 bits per heavy atom. The number of para-hydroxylation sites is 1. The van der Waals surface area contributed by atoms with Crippen LogP contribution in [0.2, 0.25) is 0 Å². The maximum absolute atomic E-state index is 13.0. The van der Waals surface area contributed by atoms with Crippen molar-refractivity contribution in [2.75, 3.05) is 5.32 Å². The minimum atomic E-state index is -4.49. The number of amides is 1. The van der Waals surface area contributed by atoms with E-state index in [1.165, 1.54) is 12.1 Å². The SMILES string of the molecule is CC(C)(C)NC(=O)CC(Nc1ccccc1)C(F)(F)F. The van der Waals surface area contributed by atoms with Gasteiger partial charge in [0.15, 0.2) is 0 Å². The number of carbonyl (C=O) groups is 1. The molecule has 0 radical (unpaired) electrons. The summed E-state index contributed by atoms with van der Waals surface area (Å²) in [5, 5.41) is 4.88. The summed E-state index contributed by atoms with van der Waals surface area (Å²) in [4.78, 5) is 11.7. The Bertz CT molecular complexity index is 438. The summed E-state index contributed by atoms with van der Waals surface area (Å²) >= 11 is 0. The molecule has 6 heteroatoms. The fourth-order valence-electron chi connectivity index (χ4n) is 1.64. The summed E-state index contributed by atoms with van der Waals surface area (Å²) in [5.74, 6) is -0.636. The third-order valence-corrected chi connectivity index (χ3v) is 2.41. The van der Waals surface area contributed by atoms with Crippen LogP contribution >= 0.6 is 0 Å². The first-order valence-corrected chi connectivity index (χ1v) is 6.27. The minimum absolute atomic E-state index is 0.332. The molecule has 1 aromatic carbocycles. The number of rotatable bonds is 4. The molecule has 20 heavy (non-hydrogen) atoms. The third kappa shape index (κ3) is 5.95. The van der Waals surface area contributed by atoms with Crippen LogP contribution in [0.15, 0.2) is 30.3 Å². The van der Waals surface area contributed by atoms with Crippen molar-refractivity contribution in [2.24, 2.45) is 0 Å². The largest absolute Gasteiger partial charge is 0.409 e. The molecule has 0 aliphatic carbocycles. The molecule has 1 aromatic rings. The summed E-state index contributed by atoms with van der Waals surface area (Å²) in [6.07, 6.45) is -5.15. The number of carbonyl (C=O) groups excluding carboxylic acids is 1. The van der Waals surface area contributed by atoms with E-state index in [-0.39, 0.29) is 0 Å². The van der Waals surface area contributed by atoms with Crippen molar-refractivity contribution in [3.63, 3.8) is 0 Å². The van der Waals surface area contributed by atoms with Gasteiger partial charge in [0.25, 0.3) is 0 Å². The van der Waals surface area contributed by atoms with E-state index >= 15 is 0 Å². The summed E-state index contributed by atoms with van der Waals surface area (Å²) < 4.78 is 38.9. The van der Waals surface area contributed by atoms with Gasteiger partial charge in [-0.25, -0.2) is 0 Å². The van der Waals surface area contributed by atoms with Crippen LogP contribution < -0.4 is 10.6 Å². The second-order valence-corrected chi connectivity index (χ2v) is 5.61. The summed E-state index contributed by atoms with van der Waals surface area (Å²) in [6, 6.07) is 6.11. The summed E-state index contributed by atoms with van der Waals surface area (Å²) in [7, 11) is 0. The van der Waals surface area contributed by atoms with Crippen LogP contribution in [0, 0.1) is 0 Å².